The van der Waals surface area contributed by atoms with Gasteiger partial charge in [-0.05, 0) is 24.3 Å². The van der Waals surface area contributed by atoms with E-state index in [0.717, 1.165) is 34.8 Å². The summed E-state index contributed by atoms with van der Waals surface area (Å²) < 4.78 is 11.8. The number of rotatable bonds is 2. The van der Waals surface area contributed by atoms with Gasteiger partial charge in [-0.15, -0.1) is 0 Å². The third kappa shape index (κ3) is 2.33. The number of nitrogens with zero attached hydrogens (tertiary/aromatic N) is 2. The minimum atomic E-state index is -0.360. The number of para-hydroxylation sites is 1. The lowest BCUT2D eigenvalue weighted by Crippen LogP contribution is -2.33. The molecule has 0 radical (unpaired) electrons. The van der Waals surface area contributed by atoms with Gasteiger partial charge in [-0.3, -0.25) is 0 Å². The van der Waals surface area contributed by atoms with Gasteiger partial charge < -0.3 is 9.15 Å². The Labute approximate surface area is 150 Å². The molecule has 124 valence electrons. The predicted octanol–water partition coefficient (Wildman–Crippen LogP) is 5.18. The molecule has 0 saturated carbocycles. The number of halogens is 1. The average Bonchev–Trinajstić information content (AvgIpc) is 3.31. The monoisotopic (exact) mass is 350 g/mol. The van der Waals surface area contributed by atoms with Crippen LogP contribution in [0.2, 0.25) is 5.02 Å². The molecule has 5 heteroatoms. The molecule has 2 atom stereocenters. The summed E-state index contributed by atoms with van der Waals surface area (Å²) in [7, 11) is 0. The number of benzene rings is 2. The Morgan fingerprint density at radius 3 is 2.56 bits per heavy atom. The Morgan fingerprint density at radius 2 is 1.76 bits per heavy atom. The molecule has 3 heterocycles. The van der Waals surface area contributed by atoms with E-state index in [4.69, 9.17) is 25.9 Å². The molecular weight excluding hydrogens is 336 g/mol. The van der Waals surface area contributed by atoms with Crippen molar-refractivity contribution in [3.8, 4) is 5.75 Å². The summed E-state index contributed by atoms with van der Waals surface area (Å²) in [5.41, 5.74) is 2.97. The van der Waals surface area contributed by atoms with Gasteiger partial charge in [0.15, 0.2) is 0 Å². The largest absolute Gasteiger partial charge is 0.464 e. The van der Waals surface area contributed by atoms with E-state index in [1.54, 1.807) is 6.26 Å². The van der Waals surface area contributed by atoms with Gasteiger partial charge in [0, 0.05) is 22.6 Å². The summed E-state index contributed by atoms with van der Waals surface area (Å²) in [5, 5.41) is 7.50. The Bertz CT molecular complexity index is 952. The number of hydrogen-bond acceptors (Lipinski definition) is 4. The van der Waals surface area contributed by atoms with E-state index < -0.39 is 0 Å². The highest BCUT2D eigenvalue weighted by atomic mass is 35.5. The van der Waals surface area contributed by atoms with E-state index in [0.29, 0.717) is 5.02 Å². The van der Waals surface area contributed by atoms with E-state index >= 15 is 0 Å². The van der Waals surface area contributed by atoms with Gasteiger partial charge >= 0.3 is 0 Å². The van der Waals surface area contributed by atoms with Crippen molar-refractivity contribution in [2.75, 3.05) is 0 Å². The smallest absolute Gasteiger partial charge is 0.215 e. The Kier molecular flexibility index (Phi) is 3.31. The first-order chi connectivity index (χ1) is 12.3. The van der Waals surface area contributed by atoms with Crippen LogP contribution in [0.25, 0.3) is 0 Å². The maximum atomic E-state index is 6.44. The number of hydrazone groups is 1. The Balaban J connectivity index is 1.63. The first-order valence-corrected chi connectivity index (χ1v) is 8.59. The highest BCUT2D eigenvalue weighted by Crippen LogP contribution is 2.48. The molecule has 25 heavy (non-hydrogen) atoms. The van der Waals surface area contributed by atoms with E-state index in [9.17, 15) is 0 Å². The lowest BCUT2D eigenvalue weighted by Gasteiger charge is -2.38. The van der Waals surface area contributed by atoms with Crippen LogP contribution >= 0.6 is 11.6 Å². The lowest BCUT2D eigenvalue weighted by atomic mass is 9.97. The fourth-order valence-corrected chi connectivity index (χ4v) is 3.74. The van der Waals surface area contributed by atoms with Crippen molar-refractivity contribution in [1.82, 2.24) is 5.01 Å². The predicted molar refractivity (Wildman–Crippen MR) is 95.7 cm³/mol. The second-order valence-electron chi connectivity index (χ2n) is 6.15. The minimum Gasteiger partial charge on any atom is -0.464 e. The van der Waals surface area contributed by atoms with Gasteiger partial charge in [-0.25, -0.2) is 5.01 Å². The van der Waals surface area contributed by atoms with E-state index in [-0.39, 0.29) is 12.3 Å². The second kappa shape index (κ2) is 5.67. The maximum absolute atomic E-state index is 6.44. The van der Waals surface area contributed by atoms with Crippen LogP contribution in [0.5, 0.6) is 5.75 Å². The molecule has 0 fully saturated rings. The first-order valence-electron chi connectivity index (χ1n) is 8.21. The molecule has 0 amide bonds. The zero-order valence-corrected chi connectivity index (χ0v) is 14.1. The average molecular weight is 351 g/mol. The maximum Gasteiger partial charge on any atom is 0.215 e. The molecule has 0 aliphatic carbocycles. The van der Waals surface area contributed by atoms with Crippen molar-refractivity contribution in [3.05, 3.63) is 88.8 Å². The van der Waals surface area contributed by atoms with E-state index in [1.807, 2.05) is 59.6 Å². The third-order valence-electron chi connectivity index (χ3n) is 4.68. The van der Waals surface area contributed by atoms with E-state index in [1.165, 1.54) is 0 Å². The second-order valence-corrected chi connectivity index (χ2v) is 6.56. The van der Waals surface area contributed by atoms with Gasteiger partial charge in [-0.2, -0.15) is 5.10 Å². The molecule has 2 aliphatic heterocycles. The number of hydrogen-bond donors (Lipinski definition) is 0. The molecule has 5 rings (SSSR count). The molecule has 4 nitrogen and oxygen atoms in total. The molecular formula is C20H15ClN2O2. The van der Waals surface area contributed by atoms with Crippen molar-refractivity contribution >= 4 is 17.3 Å². The van der Waals surface area contributed by atoms with Crippen LogP contribution in [0.15, 0.2) is 76.4 Å². The third-order valence-corrected chi connectivity index (χ3v) is 5.02. The molecule has 0 saturated heterocycles. The number of ether oxygens (including phenoxy) is 1. The molecule has 0 bridgehead atoms. The highest BCUT2D eigenvalue weighted by molar-refractivity contribution is 6.31. The fourth-order valence-electron chi connectivity index (χ4n) is 3.51. The molecule has 1 aromatic heterocycles. The van der Waals surface area contributed by atoms with Crippen molar-refractivity contribution in [1.29, 1.82) is 0 Å². The van der Waals surface area contributed by atoms with Crippen LogP contribution in [-0.4, -0.2) is 10.7 Å². The fraction of sp³-hybridized carbons (Fsp3) is 0.150. The number of furan rings is 1. The zero-order chi connectivity index (χ0) is 16.8. The Hall–Kier alpha value is -2.72. The van der Waals surface area contributed by atoms with Crippen LogP contribution in [0.3, 0.4) is 0 Å². The van der Waals surface area contributed by atoms with Crippen LogP contribution in [-0.2, 0) is 0 Å². The van der Waals surface area contributed by atoms with Gasteiger partial charge in [0.2, 0.25) is 6.23 Å². The standard InChI is InChI=1S/C20H15ClN2O2/c21-15-8-3-1-6-13(15)20-23-17(14-7-2-4-9-18(14)25-20)12-16(22-23)19-10-5-11-24-19/h1-11,17,20H,12H2. The first kappa shape index (κ1) is 14.6. The molecule has 0 spiro atoms. The van der Waals surface area contributed by atoms with Crippen LogP contribution in [0.4, 0.5) is 0 Å². The zero-order valence-electron chi connectivity index (χ0n) is 13.3. The van der Waals surface area contributed by atoms with Gasteiger partial charge in [0.1, 0.15) is 17.2 Å². The van der Waals surface area contributed by atoms with Gasteiger partial charge in [-0.1, -0.05) is 48.0 Å². The molecule has 0 N–H and O–H groups in total. The molecule has 2 unspecified atom stereocenters. The summed E-state index contributed by atoms with van der Waals surface area (Å²) >= 11 is 6.44. The Morgan fingerprint density at radius 1 is 0.960 bits per heavy atom. The molecule has 3 aromatic rings. The lowest BCUT2D eigenvalue weighted by molar-refractivity contribution is -0.0189. The highest BCUT2D eigenvalue weighted by Gasteiger charge is 2.41. The quantitative estimate of drug-likeness (QED) is 0.639. The van der Waals surface area contributed by atoms with Crippen molar-refractivity contribution in [2.24, 2.45) is 5.10 Å². The van der Waals surface area contributed by atoms with Crippen molar-refractivity contribution in [2.45, 2.75) is 18.7 Å². The van der Waals surface area contributed by atoms with Gasteiger partial charge in [0.05, 0.1) is 12.3 Å². The van der Waals surface area contributed by atoms with Crippen LogP contribution < -0.4 is 4.74 Å². The SMILES string of the molecule is Clc1ccccc1C1Oc2ccccc2C2CC(c3ccco3)=NN21. The number of fused-ring (bicyclic) bond motifs is 3. The van der Waals surface area contributed by atoms with Crippen LogP contribution in [0, 0.1) is 0 Å². The summed E-state index contributed by atoms with van der Waals surface area (Å²) in [5.74, 6) is 1.68. The molecule has 2 aromatic carbocycles. The van der Waals surface area contributed by atoms with Crippen molar-refractivity contribution in [3.63, 3.8) is 0 Å². The summed E-state index contributed by atoms with van der Waals surface area (Å²) in [6.07, 6.45) is 2.08. The summed E-state index contributed by atoms with van der Waals surface area (Å²) in [4.78, 5) is 0. The topological polar surface area (TPSA) is 38.0 Å². The summed E-state index contributed by atoms with van der Waals surface area (Å²) in [6, 6.07) is 19.8. The normalized spacial score (nSPS) is 21.3. The minimum absolute atomic E-state index is 0.103. The van der Waals surface area contributed by atoms with E-state index in [2.05, 4.69) is 6.07 Å². The molecule has 2 aliphatic rings. The van der Waals surface area contributed by atoms with Crippen LogP contribution in [0.1, 0.15) is 35.6 Å². The van der Waals surface area contributed by atoms with Gasteiger partial charge in [0.25, 0.3) is 0 Å². The summed E-state index contributed by atoms with van der Waals surface area (Å²) in [6.45, 7) is 0. The van der Waals surface area contributed by atoms with Crippen molar-refractivity contribution < 1.29 is 9.15 Å².